The van der Waals surface area contributed by atoms with Crippen molar-refractivity contribution in [2.45, 2.75) is 25.9 Å². The molecule has 2 rings (SSSR count). The molecule has 1 heterocycles. The van der Waals surface area contributed by atoms with E-state index < -0.39 is 0 Å². The van der Waals surface area contributed by atoms with E-state index >= 15 is 0 Å². The Balaban J connectivity index is 2.10. The second kappa shape index (κ2) is 7.26. The van der Waals surface area contributed by atoms with E-state index in [-0.39, 0.29) is 18.6 Å². The van der Waals surface area contributed by atoms with E-state index in [0.29, 0.717) is 12.1 Å². The molecular weight excluding hydrogens is 266 g/mol. The fourth-order valence-corrected chi connectivity index (χ4v) is 2.42. The number of amides is 1. The predicted octanol–water partition coefficient (Wildman–Crippen LogP) is 1.59. The van der Waals surface area contributed by atoms with Gasteiger partial charge in [0.15, 0.2) is 0 Å². The molecule has 21 heavy (non-hydrogen) atoms. The van der Waals surface area contributed by atoms with Gasteiger partial charge in [0, 0.05) is 31.3 Å². The number of carbonyl (C=O) groups excluding carboxylic acids is 1. The van der Waals surface area contributed by atoms with E-state index in [1.807, 2.05) is 19.1 Å². The van der Waals surface area contributed by atoms with Gasteiger partial charge in [0.1, 0.15) is 6.61 Å². The molecule has 1 aromatic rings. The molecule has 1 aliphatic rings. The molecule has 0 aliphatic carbocycles. The van der Waals surface area contributed by atoms with Crippen LogP contribution >= 0.6 is 0 Å². The maximum Gasteiger partial charge on any atom is 0.253 e. The summed E-state index contributed by atoms with van der Waals surface area (Å²) in [5, 5.41) is 8.78. The summed E-state index contributed by atoms with van der Waals surface area (Å²) in [5.41, 5.74) is 2.39. The van der Waals surface area contributed by atoms with Gasteiger partial charge in [0.25, 0.3) is 5.91 Å². The van der Waals surface area contributed by atoms with Crippen LogP contribution in [0.3, 0.4) is 0 Å². The van der Waals surface area contributed by atoms with E-state index in [1.54, 1.807) is 18.0 Å². The smallest absolute Gasteiger partial charge is 0.253 e. The number of aryl methyl sites for hydroxylation is 1. The van der Waals surface area contributed by atoms with Gasteiger partial charge in [-0.2, -0.15) is 0 Å². The third-order valence-electron chi connectivity index (χ3n) is 3.63. The van der Waals surface area contributed by atoms with Crippen LogP contribution in [0.25, 0.3) is 0 Å². The van der Waals surface area contributed by atoms with E-state index in [2.05, 4.69) is 11.8 Å². The molecule has 1 atom stereocenters. The van der Waals surface area contributed by atoms with Crippen molar-refractivity contribution < 1.29 is 14.6 Å². The number of benzene rings is 1. The summed E-state index contributed by atoms with van der Waals surface area (Å²) in [6.07, 6.45) is 2.23. The molecule has 1 aromatic carbocycles. The molecule has 0 spiro atoms. The van der Waals surface area contributed by atoms with Crippen molar-refractivity contribution in [1.29, 1.82) is 0 Å². The lowest BCUT2D eigenvalue weighted by atomic mass is 10.0. The van der Waals surface area contributed by atoms with Gasteiger partial charge in [0.2, 0.25) is 0 Å². The highest BCUT2D eigenvalue weighted by Crippen LogP contribution is 2.16. The largest absolute Gasteiger partial charge is 0.384 e. The maximum atomic E-state index is 12.4. The molecule has 0 saturated carbocycles. The highest BCUT2D eigenvalue weighted by atomic mass is 16.5. The van der Waals surface area contributed by atoms with Crippen LogP contribution in [0.15, 0.2) is 18.2 Å². The zero-order valence-electron chi connectivity index (χ0n) is 12.6. The standard InChI is InChI=1S/C17H21NO3/c1-13-7-8-15(11-14(13)5-3-9-19)17(20)18(2)12-16-6-4-10-21-16/h7-8,11,16,19H,4,6,9-10,12H2,1-2H3. The van der Waals surface area contributed by atoms with Crippen LogP contribution in [0.2, 0.25) is 0 Å². The first-order valence-corrected chi connectivity index (χ1v) is 7.19. The summed E-state index contributed by atoms with van der Waals surface area (Å²) in [7, 11) is 1.79. The summed E-state index contributed by atoms with van der Waals surface area (Å²) in [4.78, 5) is 14.1. The third-order valence-corrected chi connectivity index (χ3v) is 3.63. The van der Waals surface area contributed by atoms with Crippen LogP contribution < -0.4 is 0 Å². The Kier molecular flexibility index (Phi) is 5.38. The number of aliphatic hydroxyl groups is 1. The SMILES string of the molecule is Cc1ccc(C(=O)N(C)CC2CCCO2)cc1C#CCO. The van der Waals surface area contributed by atoms with Crippen molar-refractivity contribution in [3.05, 3.63) is 34.9 Å². The van der Waals surface area contributed by atoms with Crippen LogP contribution in [0.4, 0.5) is 0 Å². The second-order valence-corrected chi connectivity index (χ2v) is 5.31. The Morgan fingerprint density at radius 3 is 3.00 bits per heavy atom. The van der Waals surface area contributed by atoms with Gasteiger partial charge in [-0.05, 0) is 37.5 Å². The number of carbonyl (C=O) groups is 1. The average Bonchev–Trinajstić information content (AvgIpc) is 2.98. The van der Waals surface area contributed by atoms with Crippen molar-refractivity contribution in [3.8, 4) is 11.8 Å². The van der Waals surface area contributed by atoms with Gasteiger partial charge in [-0.25, -0.2) is 0 Å². The molecule has 1 fully saturated rings. The van der Waals surface area contributed by atoms with Crippen LogP contribution in [0, 0.1) is 18.8 Å². The molecule has 0 radical (unpaired) electrons. The number of likely N-dealkylation sites (N-methyl/N-ethyl adjacent to an activating group) is 1. The van der Waals surface area contributed by atoms with Gasteiger partial charge >= 0.3 is 0 Å². The quantitative estimate of drug-likeness (QED) is 0.859. The normalized spacial score (nSPS) is 17.2. The Morgan fingerprint density at radius 1 is 1.52 bits per heavy atom. The van der Waals surface area contributed by atoms with Crippen LogP contribution in [-0.4, -0.2) is 48.8 Å². The van der Waals surface area contributed by atoms with E-state index in [4.69, 9.17) is 9.84 Å². The molecule has 1 amide bonds. The summed E-state index contributed by atoms with van der Waals surface area (Å²) < 4.78 is 5.56. The summed E-state index contributed by atoms with van der Waals surface area (Å²) >= 11 is 0. The van der Waals surface area contributed by atoms with Crippen LogP contribution in [-0.2, 0) is 4.74 Å². The minimum Gasteiger partial charge on any atom is -0.384 e. The molecule has 112 valence electrons. The fourth-order valence-electron chi connectivity index (χ4n) is 2.42. The van der Waals surface area contributed by atoms with Gasteiger partial charge in [-0.15, -0.1) is 0 Å². The number of rotatable bonds is 3. The number of aliphatic hydroxyl groups excluding tert-OH is 1. The molecule has 1 saturated heterocycles. The molecule has 0 aromatic heterocycles. The third kappa shape index (κ3) is 4.07. The molecule has 4 nitrogen and oxygen atoms in total. The van der Waals surface area contributed by atoms with Crippen molar-refractivity contribution in [2.24, 2.45) is 0 Å². The zero-order chi connectivity index (χ0) is 15.2. The minimum atomic E-state index is -0.184. The molecule has 1 aliphatic heterocycles. The van der Waals surface area contributed by atoms with Crippen molar-refractivity contribution in [2.75, 3.05) is 26.8 Å². The number of hydrogen-bond acceptors (Lipinski definition) is 3. The average molecular weight is 287 g/mol. The monoisotopic (exact) mass is 287 g/mol. The fraction of sp³-hybridized carbons (Fsp3) is 0.471. The van der Waals surface area contributed by atoms with E-state index in [1.165, 1.54) is 0 Å². The highest BCUT2D eigenvalue weighted by molar-refractivity contribution is 5.94. The Hall–Kier alpha value is -1.83. The van der Waals surface area contributed by atoms with Crippen LogP contribution in [0.1, 0.15) is 34.3 Å². The molecule has 4 heteroatoms. The zero-order valence-corrected chi connectivity index (χ0v) is 12.6. The van der Waals surface area contributed by atoms with Crippen LogP contribution in [0.5, 0.6) is 0 Å². The topological polar surface area (TPSA) is 49.8 Å². The first-order chi connectivity index (χ1) is 10.1. The minimum absolute atomic E-state index is 0.0300. The Bertz CT molecular complexity index is 565. The Morgan fingerprint density at radius 2 is 2.33 bits per heavy atom. The second-order valence-electron chi connectivity index (χ2n) is 5.31. The predicted molar refractivity (Wildman–Crippen MR) is 81.1 cm³/mol. The first kappa shape index (κ1) is 15.6. The van der Waals surface area contributed by atoms with E-state index in [0.717, 1.165) is 30.6 Å². The van der Waals surface area contributed by atoms with Gasteiger partial charge in [-0.3, -0.25) is 4.79 Å². The van der Waals surface area contributed by atoms with Gasteiger partial charge in [-0.1, -0.05) is 17.9 Å². The number of hydrogen-bond donors (Lipinski definition) is 1. The lowest BCUT2D eigenvalue weighted by molar-refractivity contribution is 0.0587. The number of nitrogens with zero attached hydrogens (tertiary/aromatic N) is 1. The lowest BCUT2D eigenvalue weighted by Crippen LogP contribution is -2.34. The lowest BCUT2D eigenvalue weighted by Gasteiger charge is -2.21. The number of ether oxygens (including phenoxy) is 1. The summed E-state index contributed by atoms with van der Waals surface area (Å²) in [5.74, 6) is 5.46. The molecule has 1 N–H and O–H groups in total. The van der Waals surface area contributed by atoms with Gasteiger partial charge in [0.05, 0.1) is 6.10 Å². The first-order valence-electron chi connectivity index (χ1n) is 7.19. The summed E-state index contributed by atoms with van der Waals surface area (Å²) in [6.45, 7) is 3.16. The summed E-state index contributed by atoms with van der Waals surface area (Å²) in [6, 6.07) is 5.48. The molecule has 0 bridgehead atoms. The Labute approximate surface area is 125 Å². The maximum absolute atomic E-state index is 12.4. The van der Waals surface area contributed by atoms with Crippen molar-refractivity contribution in [3.63, 3.8) is 0 Å². The van der Waals surface area contributed by atoms with Crippen molar-refractivity contribution >= 4 is 5.91 Å². The molecular formula is C17H21NO3. The molecule has 1 unspecified atom stereocenters. The van der Waals surface area contributed by atoms with Gasteiger partial charge < -0.3 is 14.7 Å². The van der Waals surface area contributed by atoms with Crippen molar-refractivity contribution in [1.82, 2.24) is 4.90 Å². The van der Waals surface area contributed by atoms with E-state index in [9.17, 15) is 4.79 Å². The highest BCUT2D eigenvalue weighted by Gasteiger charge is 2.21.